The van der Waals surface area contributed by atoms with Crippen LogP contribution in [0.15, 0.2) is 55.3 Å². The fourth-order valence-electron chi connectivity index (χ4n) is 2.31. The Balaban J connectivity index is 2.94. The van der Waals surface area contributed by atoms with Crippen molar-refractivity contribution in [1.82, 2.24) is 10.2 Å². The van der Waals surface area contributed by atoms with Gasteiger partial charge in [-0.2, -0.15) is 5.26 Å². The lowest BCUT2D eigenvalue weighted by Crippen LogP contribution is -2.29. The summed E-state index contributed by atoms with van der Waals surface area (Å²) in [6.45, 7) is 10.2. The number of benzene rings is 1. The smallest absolute Gasteiger partial charge is 0.263 e. The third-order valence-corrected chi connectivity index (χ3v) is 3.66. The van der Waals surface area contributed by atoms with Crippen molar-refractivity contribution >= 4 is 5.91 Å². The summed E-state index contributed by atoms with van der Waals surface area (Å²) in [5, 5.41) is 12.1. The Morgan fingerprint density at radius 1 is 1.27 bits per heavy atom. The molecule has 0 spiro atoms. The lowest BCUT2D eigenvalue weighted by atomic mass is 10.1. The molecule has 0 saturated heterocycles. The van der Waals surface area contributed by atoms with Crippen LogP contribution in [0.4, 0.5) is 0 Å². The summed E-state index contributed by atoms with van der Waals surface area (Å²) in [5.74, 6) is 0.732. The molecule has 1 rings (SSSR count). The second-order valence-electron chi connectivity index (χ2n) is 5.50. The Kier molecular flexibility index (Phi) is 8.51. The molecule has 0 fully saturated rings. The van der Waals surface area contributed by atoms with Gasteiger partial charge in [-0.05, 0) is 24.6 Å². The van der Waals surface area contributed by atoms with Gasteiger partial charge in [0, 0.05) is 19.3 Å². The van der Waals surface area contributed by atoms with Gasteiger partial charge in [0.2, 0.25) is 0 Å². The van der Waals surface area contributed by atoms with E-state index >= 15 is 0 Å². The van der Waals surface area contributed by atoms with E-state index in [2.05, 4.69) is 18.5 Å². The minimum Gasteiger partial charge on any atom is -0.493 e. The number of hydrogen-bond donors (Lipinski definition) is 1. The molecule has 138 valence electrons. The summed E-state index contributed by atoms with van der Waals surface area (Å²) in [7, 11) is 3.11. The van der Waals surface area contributed by atoms with Crippen molar-refractivity contribution in [2.45, 2.75) is 13.0 Å². The molecule has 1 aromatic rings. The van der Waals surface area contributed by atoms with Crippen LogP contribution in [-0.4, -0.2) is 38.1 Å². The molecule has 0 aliphatic rings. The van der Waals surface area contributed by atoms with Crippen LogP contribution in [0.1, 0.15) is 18.5 Å². The zero-order chi connectivity index (χ0) is 19.5. The highest BCUT2D eigenvalue weighted by Gasteiger charge is 2.16. The molecular formula is C20H25N3O3. The highest BCUT2D eigenvalue weighted by molar-refractivity contribution is 5.97. The van der Waals surface area contributed by atoms with Gasteiger partial charge < -0.3 is 19.7 Å². The van der Waals surface area contributed by atoms with Crippen LogP contribution in [0.2, 0.25) is 0 Å². The maximum atomic E-state index is 12.4. The summed E-state index contributed by atoms with van der Waals surface area (Å²) >= 11 is 0. The second-order valence-corrected chi connectivity index (χ2v) is 5.50. The van der Waals surface area contributed by atoms with E-state index in [9.17, 15) is 10.1 Å². The van der Waals surface area contributed by atoms with E-state index in [4.69, 9.17) is 9.47 Å². The molecule has 0 aromatic heterocycles. The third-order valence-electron chi connectivity index (χ3n) is 3.66. The van der Waals surface area contributed by atoms with Gasteiger partial charge in [-0.1, -0.05) is 18.2 Å². The first-order valence-corrected chi connectivity index (χ1v) is 8.11. The maximum Gasteiger partial charge on any atom is 0.263 e. The summed E-state index contributed by atoms with van der Waals surface area (Å²) in [6.07, 6.45) is 4.90. The standard InChI is InChI=1S/C20H25N3O3/c1-6-10-23(11-7-2)14-17(13-21)20(24)22-15(3)16-8-9-18(25-4)19(12-16)26-5/h6-9,12,14-15H,1-2,10-11H2,3-5H3,(H,22,24)/b17-14-. The van der Waals surface area contributed by atoms with Crippen molar-refractivity contribution in [1.29, 1.82) is 5.26 Å². The van der Waals surface area contributed by atoms with E-state index in [1.165, 1.54) is 6.20 Å². The van der Waals surface area contributed by atoms with E-state index in [1.54, 1.807) is 43.4 Å². The molecule has 1 unspecified atom stereocenters. The molecule has 0 aliphatic heterocycles. The Morgan fingerprint density at radius 3 is 2.38 bits per heavy atom. The Hall–Kier alpha value is -3.20. The maximum absolute atomic E-state index is 12.4. The molecule has 6 nitrogen and oxygen atoms in total. The quantitative estimate of drug-likeness (QED) is 0.397. The average molecular weight is 355 g/mol. The van der Waals surface area contributed by atoms with Crippen LogP contribution in [0.25, 0.3) is 0 Å². The van der Waals surface area contributed by atoms with Crippen LogP contribution in [0.3, 0.4) is 0 Å². The van der Waals surface area contributed by atoms with Gasteiger partial charge >= 0.3 is 0 Å². The minimum absolute atomic E-state index is 0.0148. The molecule has 0 radical (unpaired) electrons. The van der Waals surface area contributed by atoms with Crippen molar-refractivity contribution in [3.8, 4) is 17.6 Å². The minimum atomic E-state index is -0.451. The van der Waals surface area contributed by atoms with E-state index in [1.807, 2.05) is 19.1 Å². The molecular weight excluding hydrogens is 330 g/mol. The lowest BCUT2D eigenvalue weighted by Gasteiger charge is -2.19. The van der Waals surface area contributed by atoms with Crippen molar-refractivity contribution in [2.75, 3.05) is 27.3 Å². The van der Waals surface area contributed by atoms with Gasteiger partial charge in [-0.15, -0.1) is 13.2 Å². The Morgan fingerprint density at radius 2 is 1.88 bits per heavy atom. The molecule has 6 heteroatoms. The van der Waals surface area contributed by atoms with Crippen LogP contribution >= 0.6 is 0 Å². The molecule has 1 atom stereocenters. The van der Waals surface area contributed by atoms with Crippen LogP contribution in [0.5, 0.6) is 11.5 Å². The van der Waals surface area contributed by atoms with Crippen molar-refractivity contribution in [3.05, 3.63) is 60.8 Å². The number of rotatable bonds is 10. The van der Waals surface area contributed by atoms with Crippen LogP contribution in [-0.2, 0) is 4.79 Å². The van der Waals surface area contributed by atoms with Crippen molar-refractivity contribution < 1.29 is 14.3 Å². The molecule has 0 bridgehead atoms. The monoisotopic (exact) mass is 355 g/mol. The Bertz CT molecular complexity index is 710. The first-order chi connectivity index (χ1) is 12.5. The number of nitrogens with zero attached hydrogens (tertiary/aromatic N) is 2. The number of amides is 1. The van der Waals surface area contributed by atoms with E-state index in [-0.39, 0.29) is 11.6 Å². The van der Waals surface area contributed by atoms with Gasteiger partial charge in [0.1, 0.15) is 11.6 Å². The fourth-order valence-corrected chi connectivity index (χ4v) is 2.31. The Labute approximate surface area is 155 Å². The number of carbonyl (C=O) groups excluding carboxylic acids is 1. The fraction of sp³-hybridized carbons (Fsp3) is 0.300. The first kappa shape index (κ1) is 20.8. The number of carbonyl (C=O) groups is 1. The van der Waals surface area contributed by atoms with Crippen molar-refractivity contribution in [2.24, 2.45) is 0 Å². The highest BCUT2D eigenvalue weighted by atomic mass is 16.5. The van der Waals surface area contributed by atoms with Crippen LogP contribution in [0, 0.1) is 11.3 Å². The van der Waals surface area contributed by atoms with E-state index in [0.717, 1.165) is 5.56 Å². The molecule has 26 heavy (non-hydrogen) atoms. The van der Waals surface area contributed by atoms with Gasteiger partial charge in [0.25, 0.3) is 5.91 Å². The molecule has 1 aromatic carbocycles. The number of hydrogen-bond acceptors (Lipinski definition) is 5. The molecule has 0 heterocycles. The van der Waals surface area contributed by atoms with E-state index < -0.39 is 5.91 Å². The molecule has 0 aliphatic carbocycles. The summed E-state index contributed by atoms with van der Waals surface area (Å²) in [5.41, 5.74) is 0.850. The van der Waals surface area contributed by atoms with Gasteiger partial charge in [-0.25, -0.2) is 0 Å². The summed E-state index contributed by atoms with van der Waals surface area (Å²) < 4.78 is 10.5. The second kappa shape index (κ2) is 10.6. The SMILES string of the molecule is C=CCN(/C=C(/C#N)C(=O)NC(C)c1ccc(OC)c(OC)c1)CC=C. The summed E-state index contributed by atoms with van der Waals surface area (Å²) in [4.78, 5) is 14.2. The normalized spacial score (nSPS) is 11.7. The van der Waals surface area contributed by atoms with Crippen molar-refractivity contribution in [3.63, 3.8) is 0 Å². The molecule has 0 saturated carbocycles. The molecule has 1 amide bonds. The number of nitrogens with one attached hydrogen (secondary N) is 1. The number of ether oxygens (including phenoxy) is 2. The highest BCUT2D eigenvalue weighted by Crippen LogP contribution is 2.29. The summed E-state index contributed by atoms with van der Waals surface area (Å²) in [6, 6.07) is 7.03. The lowest BCUT2D eigenvalue weighted by molar-refractivity contribution is -0.117. The van der Waals surface area contributed by atoms with Gasteiger partial charge in [-0.3, -0.25) is 4.79 Å². The third kappa shape index (κ3) is 5.71. The number of methoxy groups -OCH3 is 2. The predicted molar refractivity (Wildman–Crippen MR) is 102 cm³/mol. The topological polar surface area (TPSA) is 74.6 Å². The number of nitriles is 1. The average Bonchev–Trinajstić information content (AvgIpc) is 2.65. The zero-order valence-corrected chi connectivity index (χ0v) is 15.5. The largest absolute Gasteiger partial charge is 0.493 e. The first-order valence-electron chi connectivity index (χ1n) is 8.11. The van der Waals surface area contributed by atoms with Gasteiger partial charge in [0.05, 0.1) is 20.3 Å². The zero-order valence-electron chi connectivity index (χ0n) is 15.5. The van der Waals surface area contributed by atoms with Gasteiger partial charge in [0.15, 0.2) is 11.5 Å². The molecule has 1 N–H and O–H groups in total. The van der Waals surface area contributed by atoms with E-state index in [0.29, 0.717) is 24.6 Å². The van der Waals surface area contributed by atoms with Crippen LogP contribution < -0.4 is 14.8 Å². The predicted octanol–water partition coefficient (Wildman–Crippen LogP) is 2.96.